The van der Waals surface area contributed by atoms with Gasteiger partial charge < -0.3 is 15.5 Å². The highest BCUT2D eigenvalue weighted by Crippen LogP contribution is 2.32. The molecule has 1 aromatic rings. The summed E-state index contributed by atoms with van der Waals surface area (Å²) in [5.74, 6) is 0. The summed E-state index contributed by atoms with van der Waals surface area (Å²) in [5, 5.41) is 25.6. The van der Waals surface area contributed by atoms with Gasteiger partial charge in [-0.15, -0.1) is 0 Å². The van der Waals surface area contributed by atoms with Gasteiger partial charge in [-0.25, -0.2) is 13.6 Å². The lowest BCUT2D eigenvalue weighted by Gasteiger charge is -2.14. The van der Waals surface area contributed by atoms with Gasteiger partial charge in [0.1, 0.15) is 0 Å². The van der Waals surface area contributed by atoms with Gasteiger partial charge in [0.25, 0.3) is 0 Å². The van der Waals surface area contributed by atoms with E-state index in [2.05, 4.69) is 5.32 Å². The normalized spacial score (nSPS) is 13.4. The molecule has 0 aliphatic rings. The van der Waals surface area contributed by atoms with Crippen molar-refractivity contribution in [1.29, 1.82) is 0 Å². The van der Waals surface area contributed by atoms with Gasteiger partial charge >= 0.3 is 0 Å². The average Bonchev–Trinajstić information content (AvgIpc) is 2.26. The summed E-state index contributed by atoms with van der Waals surface area (Å²) >= 11 is 11.7. The van der Waals surface area contributed by atoms with Crippen LogP contribution in [0, 0.1) is 0 Å². The van der Waals surface area contributed by atoms with Crippen molar-refractivity contribution in [2.75, 3.05) is 18.5 Å². The molecular weight excluding hydrogens is 303 g/mol. The minimum Gasteiger partial charge on any atom is -0.394 e. The smallest absolute Gasteiger partial charge is 0.238 e. The number of sulfonamides is 1. The fourth-order valence-corrected chi connectivity index (χ4v) is 2.48. The highest BCUT2D eigenvalue weighted by Gasteiger charge is 2.15. The Morgan fingerprint density at radius 2 is 1.83 bits per heavy atom. The number of aliphatic hydroxyl groups excluding tert-OH is 2. The number of anilines is 1. The third-order valence-corrected chi connectivity index (χ3v) is 3.56. The standard InChI is InChI=1S/C9H12Cl2N2O4S/c10-7-1-6(18(12,16)17)2-8(11)9(7)13-3-5(15)4-14/h1-2,5,13-15H,3-4H2,(H2,12,16,17). The van der Waals surface area contributed by atoms with Gasteiger partial charge in [0.15, 0.2) is 0 Å². The fraction of sp³-hybridized carbons (Fsp3) is 0.333. The van der Waals surface area contributed by atoms with Gasteiger partial charge in [0, 0.05) is 6.54 Å². The molecule has 0 amide bonds. The number of rotatable bonds is 5. The van der Waals surface area contributed by atoms with Crippen LogP contribution in [0.1, 0.15) is 0 Å². The van der Waals surface area contributed by atoms with E-state index in [4.69, 9.17) is 33.4 Å². The van der Waals surface area contributed by atoms with Crippen LogP contribution < -0.4 is 10.5 Å². The third kappa shape index (κ3) is 3.98. The van der Waals surface area contributed by atoms with E-state index in [0.29, 0.717) is 0 Å². The summed E-state index contributed by atoms with van der Waals surface area (Å²) in [7, 11) is -3.89. The largest absolute Gasteiger partial charge is 0.394 e. The molecule has 0 aliphatic heterocycles. The molecule has 0 spiro atoms. The summed E-state index contributed by atoms with van der Waals surface area (Å²) in [4.78, 5) is -0.203. The first-order valence-electron chi connectivity index (χ1n) is 4.80. The van der Waals surface area contributed by atoms with Gasteiger partial charge in [-0.3, -0.25) is 0 Å². The van der Waals surface area contributed by atoms with E-state index in [1.807, 2.05) is 0 Å². The summed E-state index contributed by atoms with van der Waals surface area (Å²) in [5.41, 5.74) is 0.262. The van der Waals surface area contributed by atoms with Crippen molar-refractivity contribution in [3.05, 3.63) is 22.2 Å². The van der Waals surface area contributed by atoms with Crippen molar-refractivity contribution < 1.29 is 18.6 Å². The Balaban J connectivity index is 3.02. The zero-order chi connectivity index (χ0) is 13.9. The van der Waals surface area contributed by atoms with Crippen molar-refractivity contribution in [1.82, 2.24) is 0 Å². The number of halogens is 2. The van der Waals surface area contributed by atoms with Crippen LogP contribution in [0.4, 0.5) is 5.69 Å². The molecular formula is C9H12Cl2N2O4S. The molecule has 1 aromatic carbocycles. The third-order valence-electron chi connectivity index (χ3n) is 2.07. The molecule has 0 heterocycles. The molecule has 0 saturated carbocycles. The zero-order valence-corrected chi connectivity index (χ0v) is 11.4. The van der Waals surface area contributed by atoms with Crippen molar-refractivity contribution in [2.24, 2.45) is 5.14 Å². The Bertz CT molecular complexity index is 512. The monoisotopic (exact) mass is 314 g/mol. The SMILES string of the molecule is NS(=O)(=O)c1cc(Cl)c(NCC(O)CO)c(Cl)c1. The second-order valence-corrected chi connectivity index (χ2v) is 5.90. The van der Waals surface area contributed by atoms with Crippen LogP contribution in [0.5, 0.6) is 0 Å². The average molecular weight is 315 g/mol. The van der Waals surface area contributed by atoms with Crippen LogP contribution in [-0.2, 0) is 10.0 Å². The van der Waals surface area contributed by atoms with E-state index in [0.717, 1.165) is 12.1 Å². The lowest BCUT2D eigenvalue weighted by Crippen LogP contribution is -2.23. The van der Waals surface area contributed by atoms with Crippen molar-refractivity contribution >= 4 is 38.9 Å². The molecule has 1 atom stereocenters. The van der Waals surface area contributed by atoms with Gasteiger partial charge in [0.2, 0.25) is 10.0 Å². The Labute approximate surface area is 114 Å². The zero-order valence-electron chi connectivity index (χ0n) is 9.10. The van der Waals surface area contributed by atoms with Gasteiger partial charge in [-0.1, -0.05) is 23.2 Å². The maximum atomic E-state index is 11.1. The fourth-order valence-electron chi connectivity index (χ4n) is 1.17. The molecule has 0 saturated heterocycles. The minimum atomic E-state index is -3.89. The quantitative estimate of drug-likeness (QED) is 0.628. The van der Waals surface area contributed by atoms with Gasteiger partial charge in [-0.2, -0.15) is 0 Å². The van der Waals surface area contributed by atoms with E-state index in [1.165, 1.54) is 0 Å². The lowest BCUT2D eigenvalue weighted by atomic mass is 10.3. The molecule has 1 unspecified atom stereocenters. The summed E-state index contributed by atoms with van der Waals surface area (Å²) in [6.07, 6.45) is -0.977. The number of nitrogens with two attached hydrogens (primary N) is 1. The molecule has 6 nitrogen and oxygen atoms in total. The first-order valence-corrected chi connectivity index (χ1v) is 7.10. The first kappa shape index (κ1) is 15.5. The van der Waals surface area contributed by atoms with E-state index in [1.54, 1.807) is 0 Å². The molecule has 18 heavy (non-hydrogen) atoms. The van der Waals surface area contributed by atoms with Crippen molar-refractivity contribution in [3.63, 3.8) is 0 Å². The maximum absolute atomic E-state index is 11.1. The molecule has 0 bridgehead atoms. The first-order chi connectivity index (χ1) is 8.25. The molecule has 0 radical (unpaired) electrons. The predicted molar refractivity (Wildman–Crippen MR) is 69.4 cm³/mol. The van der Waals surface area contributed by atoms with Gasteiger partial charge in [-0.05, 0) is 12.1 Å². The topological polar surface area (TPSA) is 113 Å². The van der Waals surface area contributed by atoms with Crippen LogP contribution in [0.3, 0.4) is 0 Å². The van der Waals surface area contributed by atoms with E-state index in [9.17, 15) is 13.5 Å². The number of nitrogens with one attached hydrogen (secondary N) is 1. The highest BCUT2D eigenvalue weighted by atomic mass is 35.5. The molecule has 9 heteroatoms. The Morgan fingerprint density at radius 1 is 1.33 bits per heavy atom. The second kappa shape index (κ2) is 6.05. The number of hydrogen-bond donors (Lipinski definition) is 4. The molecule has 0 aromatic heterocycles. The molecule has 0 fully saturated rings. The summed E-state index contributed by atoms with van der Waals surface area (Å²) < 4.78 is 22.3. The maximum Gasteiger partial charge on any atom is 0.238 e. The second-order valence-electron chi connectivity index (χ2n) is 3.52. The Morgan fingerprint density at radius 3 is 2.22 bits per heavy atom. The van der Waals surface area contributed by atoms with Crippen LogP contribution in [0.2, 0.25) is 10.0 Å². The highest BCUT2D eigenvalue weighted by molar-refractivity contribution is 7.89. The molecule has 102 valence electrons. The predicted octanol–water partition coefficient (Wildman–Crippen LogP) is 0.406. The van der Waals surface area contributed by atoms with E-state index >= 15 is 0 Å². The van der Waals surface area contributed by atoms with Crippen molar-refractivity contribution in [3.8, 4) is 0 Å². The molecule has 0 aliphatic carbocycles. The van der Waals surface area contributed by atoms with Crippen LogP contribution >= 0.6 is 23.2 Å². The van der Waals surface area contributed by atoms with Gasteiger partial charge in [0.05, 0.1) is 33.3 Å². The van der Waals surface area contributed by atoms with E-state index < -0.39 is 22.7 Å². The molecule has 1 rings (SSSR count). The molecule has 5 N–H and O–H groups in total. The van der Waals surface area contributed by atoms with E-state index in [-0.39, 0.29) is 27.2 Å². The number of hydrogen-bond acceptors (Lipinski definition) is 5. The number of benzene rings is 1. The lowest BCUT2D eigenvalue weighted by molar-refractivity contribution is 0.105. The van der Waals surface area contributed by atoms with Crippen molar-refractivity contribution in [2.45, 2.75) is 11.0 Å². The Kier molecular flexibility index (Phi) is 5.20. The Hall–Kier alpha value is -0.570. The van der Waals surface area contributed by atoms with Crippen LogP contribution in [-0.4, -0.2) is 37.9 Å². The number of aliphatic hydroxyl groups is 2. The van der Waals surface area contributed by atoms with Crippen LogP contribution in [0.15, 0.2) is 17.0 Å². The minimum absolute atomic E-state index is 0.0185. The number of primary sulfonamides is 1. The summed E-state index contributed by atoms with van der Waals surface area (Å²) in [6.45, 7) is -0.401. The van der Waals surface area contributed by atoms with Crippen LogP contribution in [0.25, 0.3) is 0 Å². The summed E-state index contributed by atoms with van der Waals surface area (Å²) in [6, 6.07) is 2.30.